The summed E-state index contributed by atoms with van der Waals surface area (Å²) in [6.07, 6.45) is 8.79. The van der Waals surface area contributed by atoms with Crippen molar-refractivity contribution in [3.63, 3.8) is 0 Å². The lowest BCUT2D eigenvalue weighted by Crippen LogP contribution is -2.06. The fourth-order valence-corrected chi connectivity index (χ4v) is 1.44. The van der Waals surface area contributed by atoms with Crippen molar-refractivity contribution in [3.05, 3.63) is 42.0 Å². The van der Waals surface area contributed by atoms with Crippen LogP contribution in [0.15, 0.2) is 36.4 Å². The number of rotatable bonds is 2. The van der Waals surface area contributed by atoms with E-state index in [0.717, 1.165) is 5.92 Å². The highest BCUT2D eigenvalue weighted by Crippen LogP contribution is 2.27. The summed E-state index contributed by atoms with van der Waals surface area (Å²) in [5, 5.41) is 0. The maximum atomic E-state index is 2.35. The van der Waals surface area contributed by atoms with Crippen LogP contribution in [-0.2, 0) is 0 Å². The first kappa shape index (κ1) is 7.60. The summed E-state index contributed by atoms with van der Waals surface area (Å²) in [5.74, 6) is 0.866. The Bertz CT molecular complexity index is 255. The minimum Gasteiger partial charge on any atom is -0.0808 e. The molecule has 0 aliphatic heterocycles. The van der Waals surface area contributed by atoms with E-state index in [0.29, 0.717) is 0 Å². The van der Waals surface area contributed by atoms with Crippen molar-refractivity contribution >= 4 is 6.08 Å². The summed E-state index contributed by atoms with van der Waals surface area (Å²) >= 11 is 0. The second-order valence-electron chi connectivity index (χ2n) is 3.46. The van der Waals surface area contributed by atoms with Gasteiger partial charge in [-0.3, -0.25) is 0 Å². The van der Waals surface area contributed by atoms with Crippen LogP contribution < -0.4 is 0 Å². The lowest BCUT2D eigenvalue weighted by Gasteiger charge is -2.21. The van der Waals surface area contributed by atoms with Crippen molar-refractivity contribution in [2.75, 3.05) is 0 Å². The lowest BCUT2D eigenvalue weighted by atomic mass is 9.85. The van der Waals surface area contributed by atoms with Crippen LogP contribution in [0, 0.1) is 5.92 Å². The lowest BCUT2D eigenvalue weighted by molar-refractivity contribution is 0.389. The Hall–Kier alpha value is -1.04. The third-order valence-corrected chi connectivity index (χ3v) is 2.51. The quantitative estimate of drug-likeness (QED) is 0.618. The average molecular weight is 158 g/mol. The first-order valence-corrected chi connectivity index (χ1v) is 4.68. The molecule has 0 heteroatoms. The first-order chi connectivity index (χ1) is 5.95. The van der Waals surface area contributed by atoms with E-state index in [-0.39, 0.29) is 0 Å². The van der Waals surface area contributed by atoms with Gasteiger partial charge in [0, 0.05) is 0 Å². The van der Waals surface area contributed by atoms with E-state index in [4.69, 9.17) is 0 Å². The Balaban J connectivity index is 1.98. The highest BCUT2D eigenvalue weighted by molar-refractivity contribution is 5.49. The molecule has 1 fully saturated rings. The SMILES string of the molecule is C(=CC1CCC1)c1ccccc1. The third kappa shape index (κ3) is 1.76. The molecular weight excluding hydrogens is 144 g/mol. The molecule has 0 unspecified atom stereocenters. The molecule has 62 valence electrons. The molecule has 0 saturated heterocycles. The molecule has 0 atom stereocenters. The molecule has 0 radical (unpaired) electrons. The van der Waals surface area contributed by atoms with Crippen LogP contribution in [0.4, 0.5) is 0 Å². The van der Waals surface area contributed by atoms with Crippen molar-refractivity contribution in [2.24, 2.45) is 5.92 Å². The maximum absolute atomic E-state index is 2.35. The van der Waals surface area contributed by atoms with E-state index in [1.165, 1.54) is 24.8 Å². The number of hydrogen-bond acceptors (Lipinski definition) is 0. The monoisotopic (exact) mass is 158 g/mol. The summed E-state index contributed by atoms with van der Waals surface area (Å²) in [6, 6.07) is 10.5. The Morgan fingerprint density at radius 3 is 2.42 bits per heavy atom. The number of benzene rings is 1. The highest BCUT2D eigenvalue weighted by atomic mass is 14.2. The molecule has 0 spiro atoms. The molecule has 1 aromatic carbocycles. The smallest absolute Gasteiger partial charge is 0.0230 e. The van der Waals surface area contributed by atoms with E-state index in [1.54, 1.807) is 0 Å². The van der Waals surface area contributed by atoms with E-state index in [9.17, 15) is 0 Å². The average Bonchev–Trinajstić information content (AvgIpc) is 2.04. The highest BCUT2D eigenvalue weighted by Gasteiger charge is 2.12. The molecule has 0 N–H and O–H groups in total. The van der Waals surface area contributed by atoms with Gasteiger partial charge in [-0.1, -0.05) is 48.9 Å². The third-order valence-electron chi connectivity index (χ3n) is 2.51. The number of allylic oxidation sites excluding steroid dienone is 1. The predicted octanol–water partition coefficient (Wildman–Crippen LogP) is 3.50. The summed E-state index contributed by atoms with van der Waals surface area (Å²) in [6.45, 7) is 0. The zero-order valence-corrected chi connectivity index (χ0v) is 7.24. The van der Waals surface area contributed by atoms with Crippen LogP contribution in [0.1, 0.15) is 24.8 Å². The van der Waals surface area contributed by atoms with Crippen LogP contribution in [0.25, 0.3) is 6.08 Å². The minimum atomic E-state index is 0.866. The molecule has 0 aromatic heterocycles. The van der Waals surface area contributed by atoms with Crippen molar-refractivity contribution in [1.82, 2.24) is 0 Å². The topological polar surface area (TPSA) is 0 Å². The van der Waals surface area contributed by atoms with E-state index in [1.807, 2.05) is 0 Å². The molecule has 0 bridgehead atoms. The Morgan fingerprint density at radius 1 is 1.08 bits per heavy atom. The Kier molecular flexibility index (Phi) is 2.26. The van der Waals surface area contributed by atoms with Gasteiger partial charge in [0.25, 0.3) is 0 Å². The largest absolute Gasteiger partial charge is 0.0808 e. The normalized spacial score (nSPS) is 18.0. The zero-order valence-electron chi connectivity index (χ0n) is 7.24. The zero-order chi connectivity index (χ0) is 8.23. The van der Waals surface area contributed by atoms with Gasteiger partial charge in [-0.25, -0.2) is 0 Å². The predicted molar refractivity (Wildman–Crippen MR) is 52.8 cm³/mol. The van der Waals surface area contributed by atoms with Gasteiger partial charge < -0.3 is 0 Å². The molecule has 1 aromatic rings. The van der Waals surface area contributed by atoms with Gasteiger partial charge in [0.05, 0.1) is 0 Å². The summed E-state index contributed by atoms with van der Waals surface area (Å²) in [7, 11) is 0. The maximum Gasteiger partial charge on any atom is -0.0230 e. The molecule has 0 amide bonds. The van der Waals surface area contributed by atoms with Crippen LogP contribution in [0.3, 0.4) is 0 Å². The molecule has 12 heavy (non-hydrogen) atoms. The van der Waals surface area contributed by atoms with E-state index < -0.39 is 0 Å². The molecule has 1 aliphatic rings. The van der Waals surface area contributed by atoms with Gasteiger partial charge in [-0.15, -0.1) is 0 Å². The van der Waals surface area contributed by atoms with Crippen molar-refractivity contribution in [2.45, 2.75) is 19.3 Å². The Morgan fingerprint density at radius 2 is 1.83 bits per heavy atom. The Labute approximate surface area is 73.9 Å². The standard InChI is InChI=1S/C12H14/c1-2-5-11(6-3-1)9-10-12-7-4-8-12/h1-3,5-6,9-10,12H,4,7-8H2. The van der Waals surface area contributed by atoms with Crippen LogP contribution in [0.5, 0.6) is 0 Å². The van der Waals surface area contributed by atoms with Gasteiger partial charge in [0.1, 0.15) is 0 Å². The van der Waals surface area contributed by atoms with E-state index >= 15 is 0 Å². The van der Waals surface area contributed by atoms with Gasteiger partial charge in [-0.05, 0) is 24.3 Å². The molecule has 0 heterocycles. The molecular formula is C12H14. The van der Waals surface area contributed by atoms with Crippen LogP contribution in [-0.4, -0.2) is 0 Å². The minimum absolute atomic E-state index is 0.866. The van der Waals surface area contributed by atoms with Crippen molar-refractivity contribution in [3.8, 4) is 0 Å². The summed E-state index contributed by atoms with van der Waals surface area (Å²) < 4.78 is 0. The molecule has 0 nitrogen and oxygen atoms in total. The molecule has 1 saturated carbocycles. The number of hydrogen-bond donors (Lipinski definition) is 0. The fraction of sp³-hybridized carbons (Fsp3) is 0.333. The second-order valence-corrected chi connectivity index (χ2v) is 3.46. The molecule has 1 aliphatic carbocycles. The van der Waals surface area contributed by atoms with Gasteiger partial charge >= 0.3 is 0 Å². The van der Waals surface area contributed by atoms with Crippen molar-refractivity contribution in [1.29, 1.82) is 0 Å². The van der Waals surface area contributed by atoms with Crippen LogP contribution >= 0.6 is 0 Å². The first-order valence-electron chi connectivity index (χ1n) is 4.68. The molecule has 2 rings (SSSR count). The van der Waals surface area contributed by atoms with Crippen molar-refractivity contribution < 1.29 is 0 Å². The summed E-state index contributed by atoms with van der Waals surface area (Å²) in [4.78, 5) is 0. The van der Waals surface area contributed by atoms with Gasteiger partial charge in [0.2, 0.25) is 0 Å². The summed E-state index contributed by atoms with van der Waals surface area (Å²) in [5.41, 5.74) is 1.32. The van der Waals surface area contributed by atoms with Crippen LogP contribution in [0.2, 0.25) is 0 Å². The second kappa shape index (κ2) is 3.57. The van der Waals surface area contributed by atoms with Gasteiger partial charge in [-0.2, -0.15) is 0 Å². The fourth-order valence-electron chi connectivity index (χ4n) is 1.44. The van der Waals surface area contributed by atoms with E-state index in [2.05, 4.69) is 42.5 Å². The van der Waals surface area contributed by atoms with Gasteiger partial charge in [0.15, 0.2) is 0 Å².